The van der Waals surface area contributed by atoms with Gasteiger partial charge in [-0.05, 0) is 88.0 Å². The first kappa shape index (κ1) is 80.9. The third kappa shape index (κ3) is 18.3. The van der Waals surface area contributed by atoms with Crippen molar-refractivity contribution in [1.29, 1.82) is 0 Å². The fourth-order valence-corrected chi connectivity index (χ4v) is 15.0. The molecule has 3 saturated heterocycles. The second kappa shape index (κ2) is 36.8. The molecule has 3 aliphatic heterocycles. The predicted molar refractivity (Wildman–Crippen MR) is 445 cm³/mol. The Hall–Kier alpha value is -12.1. The number of hydrogen-bond donors (Lipinski definition) is 10. The van der Waals surface area contributed by atoms with Crippen LogP contribution in [-0.2, 0) is 35.5 Å². The molecular weight excluding hydrogens is 1470 g/mol. The monoisotopic (exact) mass is 1570 g/mol. The van der Waals surface area contributed by atoms with Crippen molar-refractivity contribution in [2.24, 2.45) is 21.1 Å². The average Bonchev–Trinajstić information content (AvgIpc) is 1.65. The molecule has 3 atom stereocenters. The molecule has 0 spiro atoms. The first-order valence-electron chi connectivity index (χ1n) is 39.1. The Labute approximate surface area is 666 Å². The Balaban J connectivity index is 0.000000150. The number of nitrogens with one attached hydrogen (secondary N) is 10. The van der Waals surface area contributed by atoms with Crippen LogP contribution in [0.5, 0.6) is 17.6 Å². The van der Waals surface area contributed by atoms with Crippen molar-refractivity contribution < 1.29 is 28.6 Å². The average molecular weight is 1570 g/mol. The Bertz CT molecular complexity index is 5130. The lowest BCUT2D eigenvalue weighted by Crippen LogP contribution is -2.53. The normalized spacial score (nSPS) is 15.3. The number of ether oxygens (including phenoxy) is 3. The van der Waals surface area contributed by atoms with E-state index in [9.17, 15) is 14.4 Å². The van der Waals surface area contributed by atoms with Crippen molar-refractivity contribution in [3.8, 4) is 51.4 Å². The Kier molecular flexibility index (Phi) is 25.9. The SMILES string of the molecule is CCC(C(=O)Nc1nccc2c(-c3nc(Nc4cn(C)nc4OC)ncc3C)c[nH]c12)N1CCN(CC)CC1.CCC(C(=O)Nc1nccc2c(-c3nc(Nc4cn(C)nc4OC)ncc3C)c[nH]c12)N1CCN(CC)CC1.CCC(C(=O)Nc1nccc2c(-c3nc(Nc4cn(C)nc4OC)ncc3C)c[nH]c12)N1CCNCC1. The number of methoxy groups -OCH3 is 3. The second-order valence-electron chi connectivity index (χ2n) is 28.5. The Morgan fingerprint density at radius 3 is 1.00 bits per heavy atom. The summed E-state index contributed by atoms with van der Waals surface area (Å²) in [6, 6.07) is 5.18. The number of hydrogen-bond acceptors (Lipinski definition) is 27. The first-order chi connectivity index (χ1) is 55.8. The number of carbonyl (C=O) groups is 3. The van der Waals surface area contributed by atoms with Crippen LogP contribution in [0.1, 0.15) is 70.6 Å². The zero-order valence-corrected chi connectivity index (χ0v) is 67.8. The van der Waals surface area contributed by atoms with Gasteiger partial charge in [0.05, 0.1) is 91.7 Å². The van der Waals surface area contributed by atoms with Crippen LogP contribution >= 0.6 is 0 Å². The van der Waals surface area contributed by atoms with Crippen molar-refractivity contribution in [1.82, 2.24) is 119 Å². The molecular formula is C79H104N30O6. The highest BCUT2D eigenvalue weighted by molar-refractivity contribution is 6.08. The molecule has 0 radical (unpaired) electrons. The fraction of sp³-hybridized carbons (Fsp3) is 0.430. The molecule has 0 aromatic carbocycles. The van der Waals surface area contributed by atoms with Gasteiger partial charge < -0.3 is 76.2 Å². The van der Waals surface area contributed by atoms with Crippen molar-refractivity contribution in [2.75, 3.05) is 145 Å². The van der Waals surface area contributed by atoms with E-state index in [0.717, 1.165) is 194 Å². The number of fused-ring (bicyclic) bond motifs is 3. The summed E-state index contributed by atoms with van der Waals surface area (Å²) >= 11 is 0. The summed E-state index contributed by atoms with van der Waals surface area (Å²) in [5, 5.41) is 37.7. The van der Waals surface area contributed by atoms with Gasteiger partial charge >= 0.3 is 0 Å². The van der Waals surface area contributed by atoms with Crippen LogP contribution in [-0.4, -0.2) is 262 Å². The van der Waals surface area contributed by atoms with Gasteiger partial charge in [-0.2, -0.15) is 0 Å². The second-order valence-corrected chi connectivity index (χ2v) is 28.5. The molecule has 0 aliphatic carbocycles. The minimum atomic E-state index is -0.198. The molecule has 606 valence electrons. The molecule has 12 aromatic heterocycles. The molecule has 3 amide bonds. The highest BCUT2D eigenvalue weighted by Crippen LogP contribution is 2.38. The topological polar surface area (TPSA) is 396 Å². The highest BCUT2D eigenvalue weighted by Gasteiger charge is 2.32. The third-order valence-corrected chi connectivity index (χ3v) is 21.2. The van der Waals surface area contributed by atoms with Crippen LogP contribution in [0.15, 0.2) is 92.6 Å². The standard InChI is InChI=1S/2C27H36N10O2.C25H32N10O2/c2*1-6-21(37-12-10-36(7-2)11-13-37)25(38)33-24-23-18(8-9-28-24)19(15-29-23)22-17(3)14-30-27(32-22)31-20-16-35(4)34-26(20)39-5;1-5-19(35-10-8-26-9-11-35)23(36)32-22-21-16(6-7-27-22)17(13-28-21)20-15(2)12-29-25(31-20)30-18-14-34(3)33-24(18)37-4/h2*8-9,14-16,21,29H,6-7,10-13H2,1-5H3,(H,28,33,38)(H,30,31,32);6-7,12-14,19,26,28H,5,8-11H2,1-4H3,(H,27,32,36)(H,29,30,31). The number of H-pyrrole nitrogens is 3. The van der Waals surface area contributed by atoms with Gasteiger partial charge in [-0.15, -0.1) is 15.3 Å². The number of amides is 3. The lowest BCUT2D eigenvalue weighted by molar-refractivity contribution is -0.123. The number of aromatic nitrogens is 18. The lowest BCUT2D eigenvalue weighted by atomic mass is 10.1. The smallest absolute Gasteiger partial charge is 0.256 e. The predicted octanol–water partition coefficient (Wildman–Crippen LogP) is 8.77. The van der Waals surface area contributed by atoms with Crippen LogP contribution in [0.2, 0.25) is 0 Å². The summed E-state index contributed by atoms with van der Waals surface area (Å²) in [5.74, 6) is 4.06. The van der Waals surface area contributed by atoms with E-state index in [1.54, 1.807) is 91.1 Å². The molecule has 10 N–H and O–H groups in total. The number of carbonyl (C=O) groups excluding carboxylic acids is 3. The number of nitrogens with zero attached hydrogens (tertiary/aromatic N) is 20. The van der Waals surface area contributed by atoms with E-state index >= 15 is 0 Å². The summed E-state index contributed by atoms with van der Waals surface area (Å²) in [6.45, 7) is 29.5. The molecule has 0 bridgehead atoms. The molecule has 15 heterocycles. The molecule has 3 aliphatic rings. The number of likely N-dealkylation sites (N-methyl/N-ethyl adjacent to an activating group) is 2. The zero-order chi connectivity index (χ0) is 81.0. The van der Waals surface area contributed by atoms with Crippen molar-refractivity contribution >= 4 is 103 Å². The van der Waals surface area contributed by atoms with E-state index in [4.69, 9.17) is 29.2 Å². The van der Waals surface area contributed by atoms with Gasteiger partial charge in [0, 0.05) is 188 Å². The minimum absolute atomic E-state index is 0.0336. The molecule has 36 nitrogen and oxygen atoms in total. The molecule has 3 unspecified atom stereocenters. The Morgan fingerprint density at radius 1 is 0.426 bits per heavy atom. The van der Waals surface area contributed by atoms with E-state index in [1.165, 1.54) is 0 Å². The maximum atomic E-state index is 13.4. The number of anilines is 9. The largest absolute Gasteiger partial charge is 0.478 e. The van der Waals surface area contributed by atoms with Crippen LogP contribution in [0, 0.1) is 20.8 Å². The van der Waals surface area contributed by atoms with Crippen LogP contribution in [0.3, 0.4) is 0 Å². The maximum absolute atomic E-state index is 13.4. The lowest BCUT2D eigenvalue weighted by Gasteiger charge is -2.37. The van der Waals surface area contributed by atoms with Gasteiger partial charge in [-0.25, -0.2) is 44.9 Å². The summed E-state index contributed by atoms with van der Waals surface area (Å²) < 4.78 is 21.0. The number of piperazine rings is 3. The van der Waals surface area contributed by atoms with Gasteiger partial charge in [0.1, 0.15) is 17.1 Å². The van der Waals surface area contributed by atoms with Gasteiger partial charge in [0.2, 0.25) is 35.6 Å². The molecule has 3 fully saturated rings. The molecule has 36 heteroatoms. The van der Waals surface area contributed by atoms with E-state index in [0.29, 0.717) is 70.0 Å². The maximum Gasteiger partial charge on any atom is 0.256 e. The highest BCUT2D eigenvalue weighted by atomic mass is 16.5. The molecule has 0 saturated carbocycles. The van der Waals surface area contributed by atoms with E-state index in [2.05, 4.69) is 150 Å². The fourth-order valence-electron chi connectivity index (χ4n) is 15.0. The quantitative estimate of drug-likeness (QED) is 0.0242. The van der Waals surface area contributed by atoms with Crippen molar-refractivity contribution in [2.45, 2.75) is 92.8 Å². The van der Waals surface area contributed by atoms with Gasteiger partial charge in [0.15, 0.2) is 17.5 Å². The Morgan fingerprint density at radius 2 is 0.722 bits per heavy atom. The van der Waals surface area contributed by atoms with Crippen molar-refractivity contribution in [3.63, 3.8) is 0 Å². The minimum Gasteiger partial charge on any atom is -0.478 e. The molecule has 12 aromatic rings. The van der Waals surface area contributed by atoms with Crippen molar-refractivity contribution in [3.05, 3.63) is 109 Å². The van der Waals surface area contributed by atoms with Gasteiger partial charge in [-0.1, -0.05) is 34.6 Å². The van der Waals surface area contributed by atoms with Crippen LogP contribution < -0.4 is 51.4 Å². The van der Waals surface area contributed by atoms with Crippen LogP contribution in [0.25, 0.3) is 66.5 Å². The third-order valence-electron chi connectivity index (χ3n) is 21.2. The molecule has 115 heavy (non-hydrogen) atoms. The van der Waals surface area contributed by atoms with Gasteiger partial charge in [-0.3, -0.25) is 43.1 Å². The van der Waals surface area contributed by atoms with Crippen LogP contribution in [0.4, 0.5) is 52.4 Å². The number of pyridine rings is 3. The summed E-state index contributed by atoms with van der Waals surface area (Å²) in [7, 11) is 10.2. The zero-order valence-electron chi connectivity index (χ0n) is 67.8. The first-order valence-corrected chi connectivity index (χ1v) is 39.1. The van der Waals surface area contributed by atoms with Gasteiger partial charge in [0.25, 0.3) is 17.6 Å². The van der Waals surface area contributed by atoms with E-state index in [1.807, 2.05) is 85.6 Å². The number of rotatable bonds is 26. The summed E-state index contributed by atoms with van der Waals surface area (Å²) in [4.78, 5) is 103. The molecule has 15 rings (SSSR count). The number of aryl methyl sites for hydroxylation is 6. The number of aromatic amines is 3. The van der Waals surface area contributed by atoms with E-state index < -0.39 is 0 Å². The van der Waals surface area contributed by atoms with E-state index in [-0.39, 0.29) is 35.8 Å². The summed E-state index contributed by atoms with van der Waals surface area (Å²) in [6.07, 6.45) is 23.8. The summed E-state index contributed by atoms with van der Waals surface area (Å²) in [5.41, 5.74) is 12.0.